The van der Waals surface area contributed by atoms with E-state index in [0.29, 0.717) is 11.9 Å². The van der Waals surface area contributed by atoms with Gasteiger partial charge in [-0.1, -0.05) is 72.8 Å². The predicted molar refractivity (Wildman–Crippen MR) is 117 cm³/mol. The number of aryl methyl sites for hydroxylation is 1. The number of benzene rings is 3. The van der Waals surface area contributed by atoms with Crippen LogP contribution in [-0.4, -0.2) is 9.55 Å². The normalized spacial score (nSPS) is 11.3. The molecule has 5 aromatic rings. The topological polar surface area (TPSA) is 34.9 Å². The van der Waals surface area contributed by atoms with Gasteiger partial charge < -0.3 is 0 Å². The minimum Gasteiger partial charge on any atom is -0.292 e. The maximum Gasteiger partial charge on any atom is 0.262 e. The molecule has 0 amide bonds. The maximum atomic E-state index is 13.3. The quantitative estimate of drug-likeness (QED) is 0.405. The molecule has 28 heavy (non-hydrogen) atoms. The zero-order valence-electron chi connectivity index (χ0n) is 15.4. The first kappa shape index (κ1) is 16.9. The van der Waals surface area contributed by atoms with Crippen molar-refractivity contribution in [2.24, 2.45) is 0 Å². The summed E-state index contributed by atoms with van der Waals surface area (Å²) in [5.74, 6) is 0.742. The Bertz CT molecular complexity index is 1360. The lowest BCUT2D eigenvalue weighted by Crippen LogP contribution is -2.23. The van der Waals surface area contributed by atoms with Gasteiger partial charge in [0.05, 0.1) is 11.9 Å². The Morgan fingerprint density at radius 1 is 0.893 bits per heavy atom. The van der Waals surface area contributed by atoms with Gasteiger partial charge in [0.1, 0.15) is 10.7 Å². The molecule has 0 saturated heterocycles. The van der Waals surface area contributed by atoms with E-state index in [4.69, 9.17) is 4.98 Å². The molecule has 0 N–H and O–H groups in total. The number of hydrogen-bond acceptors (Lipinski definition) is 3. The van der Waals surface area contributed by atoms with E-state index in [2.05, 4.69) is 36.4 Å². The lowest BCUT2D eigenvalue weighted by Gasteiger charge is -2.11. The minimum atomic E-state index is 0.0221. The zero-order valence-corrected chi connectivity index (χ0v) is 16.2. The van der Waals surface area contributed by atoms with Gasteiger partial charge in [-0.2, -0.15) is 0 Å². The molecule has 0 bridgehead atoms. The Kier molecular flexibility index (Phi) is 4.06. The van der Waals surface area contributed by atoms with Gasteiger partial charge in [0.2, 0.25) is 0 Å². The van der Waals surface area contributed by atoms with Crippen LogP contribution in [0.3, 0.4) is 0 Å². The summed E-state index contributed by atoms with van der Waals surface area (Å²) < 4.78 is 1.78. The first-order valence-corrected chi connectivity index (χ1v) is 10.1. The van der Waals surface area contributed by atoms with Crippen LogP contribution in [0.1, 0.15) is 11.4 Å². The molecule has 0 radical (unpaired) electrons. The van der Waals surface area contributed by atoms with Gasteiger partial charge in [-0.05, 0) is 34.9 Å². The van der Waals surface area contributed by atoms with E-state index in [0.717, 1.165) is 26.7 Å². The summed E-state index contributed by atoms with van der Waals surface area (Å²) in [4.78, 5) is 19.9. The van der Waals surface area contributed by atoms with Gasteiger partial charge in [-0.3, -0.25) is 9.36 Å². The molecule has 2 aromatic heterocycles. The fraction of sp³-hybridized carbons (Fsp3) is 0.0833. The van der Waals surface area contributed by atoms with Gasteiger partial charge in [0.25, 0.3) is 5.56 Å². The molecule has 3 nitrogen and oxygen atoms in total. The second kappa shape index (κ2) is 6.73. The molecular formula is C24H18N2OS. The number of fused-ring (bicyclic) bond motifs is 2. The van der Waals surface area contributed by atoms with Gasteiger partial charge >= 0.3 is 0 Å². The van der Waals surface area contributed by atoms with Crippen molar-refractivity contribution in [3.8, 4) is 10.4 Å². The lowest BCUT2D eigenvalue weighted by atomic mass is 10.0. The van der Waals surface area contributed by atoms with E-state index in [-0.39, 0.29) is 5.56 Å². The maximum absolute atomic E-state index is 13.3. The highest BCUT2D eigenvalue weighted by Gasteiger charge is 2.14. The third-order valence-electron chi connectivity index (χ3n) is 5.11. The molecule has 2 heterocycles. The van der Waals surface area contributed by atoms with E-state index < -0.39 is 0 Å². The minimum absolute atomic E-state index is 0.0221. The molecule has 0 unspecified atom stereocenters. The van der Waals surface area contributed by atoms with Crippen LogP contribution in [0.15, 0.2) is 83.7 Å². The highest BCUT2D eigenvalue weighted by Crippen LogP contribution is 2.31. The molecule has 0 fully saturated rings. The zero-order chi connectivity index (χ0) is 19.1. The Morgan fingerprint density at radius 3 is 2.50 bits per heavy atom. The Balaban J connectivity index is 1.65. The average molecular weight is 382 g/mol. The number of nitrogens with zero attached hydrogens (tertiary/aromatic N) is 2. The van der Waals surface area contributed by atoms with E-state index >= 15 is 0 Å². The highest BCUT2D eigenvalue weighted by atomic mass is 32.1. The SMILES string of the molecule is Cc1nc2sc(-c3ccccc3)cc2c(=O)n1Cc1cccc2ccccc12. The van der Waals surface area contributed by atoms with Crippen LogP contribution in [0.4, 0.5) is 0 Å². The number of rotatable bonds is 3. The van der Waals surface area contributed by atoms with Gasteiger partial charge in [-0.25, -0.2) is 4.98 Å². The Morgan fingerprint density at radius 2 is 1.64 bits per heavy atom. The van der Waals surface area contributed by atoms with Crippen LogP contribution in [0, 0.1) is 6.92 Å². The lowest BCUT2D eigenvalue weighted by molar-refractivity contribution is 0.717. The first-order chi connectivity index (χ1) is 13.7. The fourth-order valence-corrected chi connectivity index (χ4v) is 4.72. The molecular weight excluding hydrogens is 364 g/mol. The fourth-order valence-electron chi connectivity index (χ4n) is 3.65. The van der Waals surface area contributed by atoms with E-state index in [1.54, 1.807) is 15.9 Å². The standard InChI is InChI=1S/C24H18N2OS/c1-16-25-23-21(14-22(28-23)18-9-3-2-4-10-18)24(27)26(16)15-19-12-7-11-17-8-5-6-13-20(17)19/h2-14H,15H2,1H3. The van der Waals surface area contributed by atoms with Crippen LogP contribution in [-0.2, 0) is 6.54 Å². The molecule has 0 aliphatic heterocycles. The van der Waals surface area contributed by atoms with Crippen molar-refractivity contribution in [3.63, 3.8) is 0 Å². The summed E-state index contributed by atoms with van der Waals surface area (Å²) in [7, 11) is 0. The summed E-state index contributed by atoms with van der Waals surface area (Å²) in [6, 6.07) is 26.6. The van der Waals surface area contributed by atoms with Crippen LogP contribution < -0.4 is 5.56 Å². The van der Waals surface area contributed by atoms with E-state index in [9.17, 15) is 4.79 Å². The van der Waals surface area contributed by atoms with Crippen molar-refractivity contribution in [2.45, 2.75) is 13.5 Å². The monoisotopic (exact) mass is 382 g/mol. The summed E-state index contributed by atoms with van der Waals surface area (Å²) in [6.07, 6.45) is 0. The van der Waals surface area contributed by atoms with Crippen LogP contribution >= 0.6 is 11.3 Å². The molecule has 4 heteroatoms. The molecule has 0 aliphatic carbocycles. The number of aromatic nitrogens is 2. The number of thiophene rings is 1. The Labute approximate surface area is 166 Å². The molecule has 0 spiro atoms. The predicted octanol–water partition coefficient (Wildman–Crippen LogP) is 5.63. The van der Waals surface area contributed by atoms with Gasteiger partial charge in [-0.15, -0.1) is 11.3 Å². The first-order valence-electron chi connectivity index (χ1n) is 9.24. The second-order valence-electron chi connectivity index (χ2n) is 6.88. The van der Waals surface area contributed by atoms with Crippen LogP contribution in [0.5, 0.6) is 0 Å². The summed E-state index contributed by atoms with van der Waals surface area (Å²) >= 11 is 1.57. The van der Waals surface area contributed by atoms with Crippen molar-refractivity contribution in [1.82, 2.24) is 9.55 Å². The molecule has 3 aromatic carbocycles. The van der Waals surface area contributed by atoms with Gasteiger partial charge in [0, 0.05) is 4.88 Å². The molecule has 136 valence electrons. The second-order valence-corrected chi connectivity index (χ2v) is 7.91. The van der Waals surface area contributed by atoms with Crippen molar-refractivity contribution in [3.05, 3.63) is 101 Å². The molecule has 0 saturated carbocycles. The molecule has 5 rings (SSSR count). The van der Waals surface area contributed by atoms with Crippen LogP contribution in [0.25, 0.3) is 31.4 Å². The summed E-state index contributed by atoms with van der Waals surface area (Å²) in [5, 5.41) is 3.04. The van der Waals surface area contributed by atoms with Crippen molar-refractivity contribution >= 4 is 32.3 Å². The average Bonchev–Trinajstić information content (AvgIpc) is 3.16. The third-order valence-corrected chi connectivity index (χ3v) is 6.19. The van der Waals surface area contributed by atoms with E-state index in [1.165, 1.54) is 10.8 Å². The summed E-state index contributed by atoms with van der Waals surface area (Å²) in [6.45, 7) is 2.43. The molecule has 0 aliphatic rings. The van der Waals surface area contributed by atoms with Crippen molar-refractivity contribution < 1.29 is 0 Å². The van der Waals surface area contributed by atoms with Crippen molar-refractivity contribution in [2.75, 3.05) is 0 Å². The van der Waals surface area contributed by atoms with E-state index in [1.807, 2.05) is 49.4 Å². The van der Waals surface area contributed by atoms with Crippen LogP contribution in [0.2, 0.25) is 0 Å². The Hall–Kier alpha value is -3.24. The third kappa shape index (κ3) is 2.83. The van der Waals surface area contributed by atoms with Crippen molar-refractivity contribution in [1.29, 1.82) is 0 Å². The smallest absolute Gasteiger partial charge is 0.262 e. The highest BCUT2D eigenvalue weighted by molar-refractivity contribution is 7.21. The number of hydrogen-bond donors (Lipinski definition) is 0. The molecule has 0 atom stereocenters. The summed E-state index contributed by atoms with van der Waals surface area (Å²) in [5.41, 5.74) is 2.26. The van der Waals surface area contributed by atoms with Gasteiger partial charge in [0.15, 0.2) is 0 Å². The largest absolute Gasteiger partial charge is 0.292 e.